The molecule has 0 radical (unpaired) electrons. The fraction of sp³-hybridized carbons (Fsp3) is 0.273. The summed E-state index contributed by atoms with van der Waals surface area (Å²) in [6, 6.07) is 12.4. The Labute approximate surface area is 173 Å². The van der Waals surface area contributed by atoms with Gasteiger partial charge in [-0.2, -0.15) is 5.10 Å². The van der Waals surface area contributed by atoms with Crippen LogP contribution in [0.5, 0.6) is 0 Å². The first-order valence-electron chi connectivity index (χ1n) is 9.78. The Balaban J connectivity index is 1.49. The van der Waals surface area contributed by atoms with Crippen molar-refractivity contribution in [1.29, 1.82) is 0 Å². The highest BCUT2D eigenvalue weighted by atomic mass is 32.2. The third kappa shape index (κ3) is 3.02. The van der Waals surface area contributed by atoms with Crippen molar-refractivity contribution in [2.75, 3.05) is 6.26 Å². The van der Waals surface area contributed by atoms with Crippen LogP contribution in [0.4, 0.5) is 4.39 Å². The van der Waals surface area contributed by atoms with Gasteiger partial charge in [0.15, 0.2) is 9.84 Å². The van der Waals surface area contributed by atoms with E-state index in [0.29, 0.717) is 12.0 Å². The van der Waals surface area contributed by atoms with E-state index < -0.39 is 15.7 Å². The molecule has 0 N–H and O–H groups in total. The first-order valence-corrected chi connectivity index (χ1v) is 11.7. The van der Waals surface area contributed by atoms with Gasteiger partial charge in [-0.25, -0.2) is 17.5 Å². The van der Waals surface area contributed by atoms with Crippen LogP contribution in [0.25, 0.3) is 5.69 Å². The number of benzene rings is 2. The molecule has 1 amide bonds. The van der Waals surface area contributed by atoms with E-state index in [9.17, 15) is 17.6 Å². The van der Waals surface area contributed by atoms with Crippen molar-refractivity contribution in [3.05, 3.63) is 77.4 Å². The molecule has 6 nitrogen and oxygen atoms in total. The Morgan fingerprint density at radius 2 is 1.90 bits per heavy atom. The Morgan fingerprint density at radius 3 is 2.60 bits per heavy atom. The predicted molar refractivity (Wildman–Crippen MR) is 109 cm³/mol. The molecule has 3 aromatic rings. The number of halogens is 1. The zero-order valence-corrected chi connectivity index (χ0v) is 17.1. The van der Waals surface area contributed by atoms with Gasteiger partial charge < -0.3 is 4.90 Å². The number of amides is 1. The van der Waals surface area contributed by atoms with Gasteiger partial charge in [0.25, 0.3) is 5.91 Å². The first-order chi connectivity index (χ1) is 14.3. The number of carbonyl (C=O) groups excluding carboxylic acids is 1. The van der Waals surface area contributed by atoms with Crippen LogP contribution in [0.2, 0.25) is 0 Å². The summed E-state index contributed by atoms with van der Waals surface area (Å²) in [5.41, 5.74) is 3.19. The molecule has 0 saturated carbocycles. The van der Waals surface area contributed by atoms with Crippen LogP contribution >= 0.6 is 0 Å². The maximum Gasteiger partial charge on any atom is 0.254 e. The minimum Gasteiger partial charge on any atom is -0.328 e. The lowest BCUT2D eigenvalue weighted by molar-refractivity contribution is 0.0644. The molecular weight excluding hydrogens is 405 g/mol. The summed E-state index contributed by atoms with van der Waals surface area (Å²) in [4.78, 5) is 15.2. The summed E-state index contributed by atoms with van der Waals surface area (Å²) in [6.07, 6.45) is 5.35. The van der Waals surface area contributed by atoms with E-state index in [2.05, 4.69) is 5.10 Å². The van der Waals surface area contributed by atoms with Crippen LogP contribution in [-0.2, 0) is 16.3 Å². The lowest BCUT2D eigenvalue weighted by Crippen LogP contribution is -2.42. The third-order valence-corrected chi connectivity index (χ3v) is 7.14. The molecule has 3 heterocycles. The van der Waals surface area contributed by atoms with Crippen molar-refractivity contribution in [3.63, 3.8) is 0 Å². The average Bonchev–Trinajstić information content (AvgIpc) is 3.28. The topological polar surface area (TPSA) is 72.3 Å². The molecule has 2 bridgehead atoms. The number of hydrogen-bond donors (Lipinski definition) is 0. The van der Waals surface area contributed by atoms with E-state index in [1.165, 1.54) is 18.4 Å². The van der Waals surface area contributed by atoms with Gasteiger partial charge >= 0.3 is 0 Å². The maximum atomic E-state index is 13.6. The number of hydrogen-bond acceptors (Lipinski definition) is 4. The molecule has 2 aliphatic rings. The molecule has 0 spiro atoms. The number of sulfone groups is 1. The van der Waals surface area contributed by atoms with Crippen LogP contribution in [0.1, 0.15) is 40.5 Å². The second kappa shape index (κ2) is 6.77. The Kier molecular flexibility index (Phi) is 4.28. The van der Waals surface area contributed by atoms with Crippen molar-refractivity contribution in [1.82, 2.24) is 14.7 Å². The Bertz CT molecular complexity index is 1250. The second-order valence-electron chi connectivity index (χ2n) is 7.90. The summed E-state index contributed by atoms with van der Waals surface area (Å²) < 4.78 is 38.9. The molecule has 2 aliphatic heterocycles. The molecule has 154 valence electrons. The van der Waals surface area contributed by atoms with Crippen molar-refractivity contribution in [2.45, 2.75) is 36.2 Å². The van der Waals surface area contributed by atoms with Gasteiger partial charge in [0.05, 0.1) is 28.5 Å². The highest BCUT2D eigenvalue weighted by Gasteiger charge is 2.44. The monoisotopic (exact) mass is 425 g/mol. The van der Waals surface area contributed by atoms with E-state index in [1.807, 2.05) is 9.58 Å². The SMILES string of the molecule is CS(=O)(=O)c1ccc(-n2ncc3c2C[C@@H]2CC[C@@H]3N2C(=O)c2cccc(F)c2)cc1. The second-order valence-corrected chi connectivity index (χ2v) is 9.91. The molecule has 2 aromatic carbocycles. The van der Waals surface area contributed by atoms with Gasteiger partial charge in [-0.05, 0) is 55.3 Å². The van der Waals surface area contributed by atoms with Crippen LogP contribution in [0, 0.1) is 5.82 Å². The van der Waals surface area contributed by atoms with Crippen molar-refractivity contribution in [3.8, 4) is 5.69 Å². The van der Waals surface area contributed by atoms with Gasteiger partial charge in [-0.3, -0.25) is 4.79 Å². The van der Waals surface area contributed by atoms with Gasteiger partial charge in [0, 0.05) is 29.8 Å². The molecule has 2 atom stereocenters. The standard InChI is InChI=1S/C22H20FN3O3S/c1-30(28,29)18-8-5-16(6-9-18)26-21-12-17-7-10-20(19(21)13-24-26)25(17)22(27)14-3-2-4-15(23)11-14/h2-6,8-9,11,13,17,20H,7,10,12H2,1H3/t17-,20-/m0/s1. The van der Waals surface area contributed by atoms with Crippen LogP contribution < -0.4 is 0 Å². The summed E-state index contributed by atoms with van der Waals surface area (Å²) in [7, 11) is -3.26. The molecule has 0 unspecified atom stereocenters. The molecule has 1 fully saturated rings. The van der Waals surface area contributed by atoms with Crippen LogP contribution in [-0.4, -0.2) is 41.3 Å². The summed E-state index contributed by atoms with van der Waals surface area (Å²) in [5, 5.41) is 4.53. The van der Waals surface area contributed by atoms with Gasteiger partial charge in [0.2, 0.25) is 0 Å². The van der Waals surface area contributed by atoms with Gasteiger partial charge in [-0.15, -0.1) is 0 Å². The van der Waals surface area contributed by atoms with Gasteiger partial charge in [0.1, 0.15) is 5.82 Å². The van der Waals surface area contributed by atoms with Crippen molar-refractivity contribution in [2.24, 2.45) is 0 Å². The largest absolute Gasteiger partial charge is 0.328 e. The Morgan fingerprint density at radius 1 is 1.13 bits per heavy atom. The zero-order valence-electron chi connectivity index (χ0n) is 16.3. The van der Waals surface area contributed by atoms with Crippen LogP contribution in [0.3, 0.4) is 0 Å². The number of nitrogens with zero attached hydrogens (tertiary/aromatic N) is 3. The highest BCUT2D eigenvalue weighted by Crippen LogP contribution is 2.44. The minimum atomic E-state index is -3.26. The number of carbonyl (C=O) groups is 1. The molecule has 0 aliphatic carbocycles. The lowest BCUT2D eigenvalue weighted by Gasteiger charge is -2.35. The molecule has 1 aromatic heterocycles. The van der Waals surface area contributed by atoms with Crippen molar-refractivity contribution >= 4 is 15.7 Å². The average molecular weight is 425 g/mol. The van der Waals surface area contributed by atoms with E-state index in [-0.39, 0.29) is 22.9 Å². The smallest absolute Gasteiger partial charge is 0.254 e. The quantitative estimate of drug-likeness (QED) is 0.645. The normalized spacial score (nSPS) is 20.3. The third-order valence-electron chi connectivity index (χ3n) is 6.01. The fourth-order valence-electron chi connectivity index (χ4n) is 4.62. The van der Waals surface area contributed by atoms with E-state index in [0.717, 1.165) is 29.8 Å². The first kappa shape index (κ1) is 19.0. The minimum absolute atomic E-state index is 0.0315. The number of aromatic nitrogens is 2. The predicted octanol–water partition coefficient (Wildman–Crippen LogP) is 3.32. The molecular formula is C22H20FN3O3S. The zero-order chi connectivity index (χ0) is 21.0. The summed E-state index contributed by atoms with van der Waals surface area (Å²) >= 11 is 0. The van der Waals surface area contributed by atoms with E-state index in [4.69, 9.17) is 0 Å². The summed E-state index contributed by atoms with van der Waals surface area (Å²) in [6.45, 7) is 0. The van der Waals surface area contributed by atoms with Crippen LogP contribution in [0.15, 0.2) is 59.6 Å². The summed E-state index contributed by atoms with van der Waals surface area (Å²) in [5.74, 6) is -0.575. The lowest BCUT2D eigenvalue weighted by atomic mass is 9.98. The van der Waals surface area contributed by atoms with E-state index in [1.54, 1.807) is 42.6 Å². The fourth-order valence-corrected chi connectivity index (χ4v) is 5.25. The molecule has 5 rings (SSSR count). The van der Waals surface area contributed by atoms with E-state index >= 15 is 0 Å². The maximum absolute atomic E-state index is 13.6. The molecule has 1 saturated heterocycles. The highest BCUT2D eigenvalue weighted by molar-refractivity contribution is 7.90. The molecule has 8 heteroatoms. The Hall–Kier alpha value is -3.00. The van der Waals surface area contributed by atoms with Gasteiger partial charge in [-0.1, -0.05) is 6.07 Å². The van der Waals surface area contributed by atoms with Crippen molar-refractivity contribution < 1.29 is 17.6 Å². The number of fused-ring (bicyclic) bond motifs is 4. The number of rotatable bonds is 3. The molecule has 30 heavy (non-hydrogen) atoms.